The monoisotopic (exact) mass is 456 g/mol. The van der Waals surface area contributed by atoms with Crippen LogP contribution in [0.3, 0.4) is 0 Å². The average molecular weight is 457 g/mol. The van der Waals surface area contributed by atoms with Crippen molar-refractivity contribution >= 4 is 34.0 Å². The molecule has 1 aliphatic heterocycles. The molecule has 1 fully saturated rings. The number of hydrogen-bond acceptors (Lipinski definition) is 8. The number of nitrogens with one attached hydrogen (secondary N) is 2. The number of aromatic nitrogens is 3. The van der Waals surface area contributed by atoms with Crippen molar-refractivity contribution in [3.63, 3.8) is 0 Å². The molecule has 34 heavy (non-hydrogen) atoms. The molecule has 8 nitrogen and oxygen atoms in total. The highest BCUT2D eigenvalue weighted by Gasteiger charge is 2.19. The Morgan fingerprint density at radius 3 is 2.62 bits per heavy atom. The Kier molecular flexibility index (Phi) is 6.40. The predicted molar refractivity (Wildman–Crippen MR) is 134 cm³/mol. The second kappa shape index (κ2) is 9.93. The predicted octanol–water partition coefficient (Wildman–Crippen LogP) is 4.99. The minimum absolute atomic E-state index is 0.208. The Morgan fingerprint density at radius 1 is 0.912 bits per heavy atom. The minimum atomic E-state index is 0.208. The van der Waals surface area contributed by atoms with Crippen molar-refractivity contribution < 1.29 is 9.47 Å². The summed E-state index contributed by atoms with van der Waals surface area (Å²) in [5, 5.41) is 7.62. The Labute approximate surface area is 199 Å². The van der Waals surface area contributed by atoms with Crippen LogP contribution in [0.1, 0.15) is 12.8 Å². The molecule has 0 amide bonds. The van der Waals surface area contributed by atoms with Gasteiger partial charge in [0.1, 0.15) is 11.9 Å². The molecule has 174 valence electrons. The lowest BCUT2D eigenvalue weighted by molar-refractivity contribution is 0.111. The average Bonchev–Trinajstić information content (AvgIpc) is 2.86. The molecule has 5 rings (SSSR count). The first-order chi connectivity index (χ1) is 16.7. The third-order valence-electron chi connectivity index (χ3n) is 5.90. The number of rotatable bonds is 7. The Balaban J connectivity index is 1.28. The van der Waals surface area contributed by atoms with Gasteiger partial charge in [-0.2, -0.15) is 4.98 Å². The van der Waals surface area contributed by atoms with Gasteiger partial charge in [-0.15, -0.1) is 0 Å². The van der Waals surface area contributed by atoms with Gasteiger partial charge in [0.15, 0.2) is 11.5 Å². The third-order valence-corrected chi connectivity index (χ3v) is 5.90. The molecule has 2 aromatic heterocycles. The standard InChI is InChI=1S/C26H28N6O2/c1-32-13-10-21(11-14-32)34-23-8-7-19(16-24(23)33-2)30-26-27-12-9-25(31-26)29-20-15-18-5-3-4-6-22(18)28-17-20/h3-9,12,15-17,21H,10-11,13-14H2,1-2H3,(H2,27,29,30,31). The molecule has 0 atom stereocenters. The lowest BCUT2D eigenvalue weighted by Crippen LogP contribution is -2.35. The van der Waals surface area contributed by atoms with E-state index in [1.807, 2.05) is 54.6 Å². The summed E-state index contributed by atoms with van der Waals surface area (Å²) in [7, 11) is 3.79. The smallest absolute Gasteiger partial charge is 0.229 e. The zero-order valence-corrected chi connectivity index (χ0v) is 19.4. The molecule has 4 aromatic rings. The summed E-state index contributed by atoms with van der Waals surface area (Å²) >= 11 is 0. The fourth-order valence-electron chi connectivity index (χ4n) is 4.03. The largest absolute Gasteiger partial charge is 0.493 e. The first-order valence-corrected chi connectivity index (χ1v) is 11.4. The van der Waals surface area contributed by atoms with Crippen LogP contribution in [0.25, 0.3) is 10.9 Å². The lowest BCUT2D eigenvalue weighted by atomic mass is 10.1. The molecule has 3 heterocycles. The van der Waals surface area contributed by atoms with E-state index in [1.54, 1.807) is 19.5 Å². The fraction of sp³-hybridized carbons (Fsp3) is 0.269. The summed E-state index contributed by atoms with van der Waals surface area (Å²) in [4.78, 5) is 15.7. The summed E-state index contributed by atoms with van der Waals surface area (Å²) < 4.78 is 11.8. The number of pyridine rings is 1. The molecule has 2 N–H and O–H groups in total. The number of piperidine rings is 1. The number of likely N-dealkylation sites (tertiary alicyclic amines) is 1. The van der Waals surface area contributed by atoms with Gasteiger partial charge in [-0.3, -0.25) is 4.98 Å². The first-order valence-electron chi connectivity index (χ1n) is 11.4. The van der Waals surface area contributed by atoms with Gasteiger partial charge in [-0.1, -0.05) is 18.2 Å². The van der Waals surface area contributed by atoms with Crippen molar-refractivity contribution in [2.45, 2.75) is 18.9 Å². The molecular formula is C26H28N6O2. The van der Waals surface area contributed by atoms with E-state index in [2.05, 4.69) is 37.5 Å². The highest BCUT2D eigenvalue weighted by molar-refractivity contribution is 5.82. The maximum Gasteiger partial charge on any atom is 0.229 e. The van der Waals surface area contributed by atoms with E-state index in [1.165, 1.54) is 0 Å². The Bertz CT molecular complexity index is 1270. The van der Waals surface area contributed by atoms with Crippen molar-refractivity contribution in [3.8, 4) is 11.5 Å². The van der Waals surface area contributed by atoms with Crippen LogP contribution in [-0.4, -0.2) is 53.2 Å². The Hall–Kier alpha value is -3.91. The van der Waals surface area contributed by atoms with Gasteiger partial charge in [0, 0.05) is 36.4 Å². The van der Waals surface area contributed by atoms with Crippen molar-refractivity contribution in [1.29, 1.82) is 0 Å². The quantitative estimate of drug-likeness (QED) is 0.402. The van der Waals surface area contributed by atoms with Crippen LogP contribution < -0.4 is 20.1 Å². The molecule has 0 spiro atoms. The summed E-state index contributed by atoms with van der Waals surface area (Å²) in [6.07, 6.45) is 5.74. The topological polar surface area (TPSA) is 84.4 Å². The number of nitrogens with zero attached hydrogens (tertiary/aromatic N) is 4. The Morgan fingerprint density at radius 2 is 1.76 bits per heavy atom. The number of ether oxygens (including phenoxy) is 2. The van der Waals surface area contributed by atoms with E-state index < -0.39 is 0 Å². The lowest BCUT2D eigenvalue weighted by Gasteiger charge is -2.29. The molecule has 0 saturated carbocycles. The molecule has 1 saturated heterocycles. The second-order valence-corrected chi connectivity index (χ2v) is 8.42. The molecule has 0 radical (unpaired) electrons. The molecule has 0 bridgehead atoms. The van der Waals surface area contributed by atoms with Gasteiger partial charge in [0.05, 0.1) is 24.5 Å². The molecular weight excluding hydrogens is 428 g/mol. The molecule has 1 aliphatic rings. The molecule has 8 heteroatoms. The van der Waals surface area contributed by atoms with Gasteiger partial charge in [-0.25, -0.2) is 4.98 Å². The molecule has 0 unspecified atom stereocenters. The summed E-state index contributed by atoms with van der Waals surface area (Å²) in [6.45, 7) is 2.09. The van der Waals surface area contributed by atoms with Crippen LogP contribution >= 0.6 is 0 Å². The fourth-order valence-corrected chi connectivity index (χ4v) is 4.03. The van der Waals surface area contributed by atoms with Crippen molar-refractivity contribution in [3.05, 3.63) is 67.0 Å². The zero-order chi connectivity index (χ0) is 23.3. The van der Waals surface area contributed by atoms with E-state index in [0.717, 1.165) is 54.0 Å². The van der Waals surface area contributed by atoms with Crippen LogP contribution in [0.4, 0.5) is 23.1 Å². The number of fused-ring (bicyclic) bond motifs is 1. The number of para-hydroxylation sites is 1. The number of benzene rings is 2. The van der Waals surface area contributed by atoms with Crippen LogP contribution in [-0.2, 0) is 0 Å². The maximum absolute atomic E-state index is 6.22. The van der Waals surface area contributed by atoms with E-state index in [-0.39, 0.29) is 6.10 Å². The summed E-state index contributed by atoms with van der Waals surface area (Å²) in [5.74, 6) is 2.58. The zero-order valence-electron chi connectivity index (χ0n) is 19.4. The minimum Gasteiger partial charge on any atom is -0.493 e. The third kappa shape index (κ3) is 5.18. The summed E-state index contributed by atoms with van der Waals surface area (Å²) in [6, 6.07) is 17.7. The van der Waals surface area contributed by atoms with E-state index in [9.17, 15) is 0 Å². The van der Waals surface area contributed by atoms with Crippen LogP contribution in [0.15, 0.2) is 67.0 Å². The van der Waals surface area contributed by atoms with Gasteiger partial charge in [-0.05, 0) is 50.2 Å². The highest BCUT2D eigenvalue weighted by atomic mass is 16.5. The van der Waals surface area contributed by atoms with Crippen LogP contribution in [0, 0.1) is 0 Å². The number of hydrogen-bond donors (Lipinski definition) is 2. The summed E-state index contributed by atoms with van der Waals surface area (Å²) in [5.41, 5.74) is 2.63. The molecule has 2 aromatic carbocycles. The first kappa shape index (κ1) is 21.9. The number of methoxy groups -OCH3 is 1. The molecule has 0 aliphatic carbocycles. The van der Waals surface area contributed by atoms with Crippen molar-refractivity contribution in [2.24, 2.45) is 0 Å². The maximum atomic E-state index is 6.22. The van der Waals surface area contributed by atoms with Crippen molar-refractivity contribution in [1.82, 2.24) is 19.9 Å². The van der Waals surface area contributed by atoms with Gasteiger partial charge < -0.3 is 25.0 Å². The van der Waals surface area contributed by atoms with E-state index in [0.29, 0.717) is 17.5 Å². The van der Waals surface area contributed by atoms with Crippen LogP contribution in [0.5, 0.6) is 11.5 Å². The van der Waals surface area contributed by atoms with Gasteiger partial charge in [0.25, 0.3) is 0 Å². The normalized spacial score (nSPS) is 14.6. The number of anilines is 4. The van der Waals surface area contributed by atoms with E-state index in [4.69, 9.17) is 9.47 Å². The van der Waals surface area contributed by atoms with Gasteiger partial charge in [0.2, 0.25) is 5.95 Å². The van der Waals surface area contributed by atoms with Crippen LogP contribution in [0.2, 0.25) is 0 Å². The van der Waals surface area contributed by atoms with Crippen molar-refractivity contribution in [2.75, 3.05) is 37.9 Å². The van der Waals surface area contributed by atoms with E-state index >= 15 is 0 Å². The second-order valence-electron chi connectivity index (χ2n) is 8.42. The highest BCUT2D eigenvalue weighted by Crippen LogP contribution is 2.33. The van der Waals surface area contributed by atoms with Gasteiger partial charge >= 0.3 is 0 Å². The SMILES string of the molecule is COc1cc(Nc2nccc(Nc3cnc4ccccc4c3)n2)ccc1OC1CCN(C)CC1.